The van der Waals surface area contributed by atoms with Crippen LogP contribution in [0.25, 0.3) is 0 Å². The predicted molar refractivity (Wildman–Crippen MR) is 125 cm³/mol. The fraction of sp³-hybridized carbons (Fsp3) is 0.435. The van der Waals surface area contributed by atoms with Crippen LogP contribution in [0.5, 0.6) is 0 Å². The van der Waals surface area contributed by atoms with Gasteiger partial charge in [0.1, 0.15) is 0 Å². The van der Waals surface area contributed by atoms with Crippen LogP contribution in [-0.4, -0.2) is 58.0 Å². The first-order valence-corrected chi connectivity index (χ1v) is 12.5. The minimum atomic E-state index is -3.41. The van der Waals surface area contributed by atoms with E-state index in [4.69, 9.17) is 4.99 Å². The van der Waals surface area contributed by atoms with Gasteiger partial charge in [-0.2, -0.15) is 0 Å². The van der Waals surface area contributed by atoms with Gasteiger partial charge in [0.2, 0.25) is 10.0 Å². The fourth-order valence-corrected chi connectivity index (χ4v) is 4.97. The van der Waals surface area contributed by atoms with Gasteiger partial charge in [0.15, 0.2) is 5.96 Å². The standard InChI is InChI=1S/C23H31N5O2S/c1-2-24-23(28-16-14-27(15-17-28)21-6-4-3-5-7-21)25-18-19-8-12-22(13-9-19)31(29,30)26-20-10-11-20/h3-9,12-13,20,26H,2,10-11,14-18H2,1H3,(H,24,25). The maximum Gasteiger partial charge on any atom is 0.240 e. The van der Waals surface area contributed by atoms with E-state index in [0.717, 1.165) is 57.1 Å². The molecule has 1 aliphatic heterocycles. The van der Waals surface area contributed by atoms with Crippen LogP contribution in [0.1, 0.15) is 25.3 Å². The molecule has 0 unspecified atom stereocenters. The average molecular weight is 442 g/mol. The van der Waals surface area contributed by atoms with Crippen LogP contribution in [0.3, 0.4) is 0 Å². The summed E-state index contributed by atoms with van der Waals surface area (Å²) in [6.45, 7) is 7.11. The molecule has 31 heavy (non-hydrogen) atoms. The van der Waals surface area contributed by atoms with Crippen molar-refractivity contribution in [1.82, 2.24) is 14.9 Å². The molecule has 0 atom stereocenters. The number of anilines is 1. The van der Waals surface area contributed by atoms with E-state index in [1.54, 1.807) is 12.1 Å². The van der Waals surface area contributed by atoms with Crippen LogP contribution in [-0.2, 0) is 16.6 Å². The highest BCUT2D eigenvalue weighted by Gasteiger charge is 2.27. The van der Waals surface area contributed by atoms with Crippen LogP contribution < -0.4 is 14.9 Å². The Hall–Kier alpha value is -2.58. The molecule has 7 nitrogen and oxygen atoms in total. The van der Waals surface area contributed by atoms with Crippen molar-refractivity contribution < 1.29 is 8.42 Å². The van der Waals surface area contributed by atoms with Crippen molar-refractivity contribution in [3.05, 3.63) is 60.2 Å². The summed E-state index contributed by atoms with van der Waals surface area (Å²) < 4.78 is 27.4. The number of hydrogen-bond donors (Lipinski definition) is 2. The second kappa shape index (κ2) is 9.70. The third-order valence-corrected chi connectivity index (χ3v) is 7.12. The van der Waals surface area contributed by atoms with Gasteiger partial charge in [0.05, 0.1) is 11.4 Å². The molecule has 0 aromatic heterocycles. The van der Waals surface area contributed by atoms with Gasteiger partial charge >= 0.3 is 0 Å². The largest absolute Gasteiger partial charge is 0.368 e. The molecule has 2 fully saturated rings. The Balaban J connectivity index is 1.36. The zero-order valence-electron chi connectivity index (χ0n) is 18.0. The summed E-state index contributed by atoms with van der Waals surface area (Å²) in [5, 5.41) is 3.39. The molecule has 2 aliphatic rings. The summed E-state index contributed by atoms with van der Waals surface area (Å²) in [6.07, 6.45) is 1.86. The Bertz CT molecular complexity index is 980. The molecule has 166 valence electrons. The van der Waals surface area contributed by atoms with Crippen LogP contribution >= 0.6 is 0 Å². The number of guanidine groups is 1. The summed E-state index contributed by atoms with van der Waals surface area (Å²) in [5.74, 6) is 0.905. The zero-order valence-corrected chi connectivity index (χ0v) is 18.8. The van der Waals surface area contributed by atoms with E-state index in [-0.39, 0.29) is 6.04 Å². The highest BCUT2D eigenvalue weighted by Crippen LogP contribution is 2.22. The maximum atomic E-state index is 12.3. The lowest BCUT2D eigenvalue weighted by molar-refractivity contribution is 0.372. The SMILES string of the molecule is CCNC(=NCc1ccc(S(=O)(=O)NC2CC2)cc1)N1CCN(c2ccccc2)CC1. The number of para-hydroxylation sites is 1. The lowest BCUT2D eigenvalue weighted by Crippen LogP contribution is -2.52. The first kappa shape index (κ1) is 21.6. The van der Waals surface area contributed by atoms with Crippen molar-refractivity contribution in [3.8, 4) is 0 Å². The van der Waals surface area contributed by atoms with Crippen molar-refractivity contribution in [2.75, 3.05) is 37.6 Å². The molecule has 1 saturated carbocycles. The Kier molecular flexibility index (Phi) is 6.77. The smallest absolute Gasteiger partial charge is 0.240 e. The highest BCUT2D eigenvalue weighted by atomic mass is 32.2. The normalized spacial score (nSPS) is 17.6. The second-order valence-corrected chi connectivity index (χ2v) is 9.73. The topological polar surface area (TPSA) is 77.0 Å². The van der Waals surface area contributed by atoms with E-state index in [2.05, 4.69) is 51.0 Å². The molecule has 2 aromatic rings. The number of nitrogens with one attached hydrogen (secondary N) is 2. The number of nitrogens with zero attached hydrogens (tertiary/aromatic N) is 3. The van der Waals surface area contributed by atoms with Crippen LogP contribution in [0.2, 0.25) is 0 Å². The molecule has 1 saturated heterocycles. The van der Waals surface area contributed by atoms with Gasteiger partial charge in [-0.15, -0.1) is 0 Å². The molecule has 0 spiro atoms. The number of benzene rings is 2. The summed E-state index contributed by atoms with van der Waals surface area (Å²) in [4.78, 5) is 9.81. The van der Waals surface area contributed by atoms with E-state index in [1.807, 2.05) is 18.2 Å². The maximum absolute atomic E-state index is 12.3. The lowest BCUT2D eigenvalue weighted by atomic mass is 10.2. The molecule has 1 heterocycles. The van der Waals surface area contributed by atoms with Gasteiger partial charge in [-0.3, -0.25) is 0 Å². The Labute approximate surface area is 185 Å². The van der Waals surface area contributed by atoms with E-state index in [9.17, 15) is 8.42 Å². The third-order valence-electron chi connectivity index (χ3n) is 5.58. The van der Waals surface area contributed by atoms with Crippen molar-refractivity contribution >= 4 is 21.7 Å². The highest BCUT2D eigenvalue weighted by molar-refractivity contribution is 7.89. The molecule has 0 amide bonds. The van der Waals surface area contributed by atoms with Gasteiger partial charge in [0.25, 0.3) is 0 Å². The number of aliphatic imine (C=N–C) groups is 1. The van der Waals surface area contributed by atoms with Crippen LogP contribution in [0.4, 0.5) is 5.69 Å². The van der Waals surface area contributed by atoms with Gasteiger partial charge in [-0.05, 0) is 49.6 Å². The fourth-order valence-electron chi connectivity index (χ4n) is 3.67. The quantitative estimate of drug-likeness (QED) is 0.510. The Morgan fingerprint density at radius 1 is 1.00 bits per heavy atom. The number of piperazine rings is 1. The van der Waals surface area contributed by atoms with E-state index < -0.39 is 10.0 Å². The second-order valence-electron chi connectivity index (χ2n) is 8.02. The molecule has 1 aliphatic carbocycles. The van der Waals surface area contributed by atoms with Crippen molar-refractivity contribution in [1.29, 1.82) is 0 Å². The zero-order chi connectivity index (χ0) is 21.7. The first-order chi connectivity index (χ1) is 15.0. The Morgan fingerprint density at radius 2 is 1.68 bits per heavy atom. The van der Waals surface area contributed by atoms with E-state index in [1.165, 1.54) is 5.69 Å². The minimum Gasteiger partial charge on any atom is -0.368 e. The average Bonchev–Trinajstić information content (AvgIpc) is 3.61. The number of sulfonamides is 1. The van der Waals surface area contributed by atoms with Gasteiger partial charge < -0.3 is 15.1 Å². The molecule has 0 bridgehead atoms. The van der Waals surface area contributed by atoms with Gasteiger partial charge in [0, 0.05) is 44.5 Å². The van der Waals surface area contributed by atoms with Crippen molar-refractivity contribution in [2.24, 2.45) is 4.99 Å². The van der Waals surface area contributed by atoms with Crippen LogP contribution in [0.15, 0.2) is 64.5 Å². The summed E-state index contributed by atoms with van der Waals surface area (Å²) in [7, 11) is -3.41. The number of hydrogen-bond acceptors (Lipinski definition) is 4. The van der Waals surface area contributed by atoms with Gasteiger partial charge in [-0.1, -0.05) is 30.3 Å². The molecule has 8 heteroatoms. The summed E-state index contributed by atoms with van der Waals surface area (Å²) >= 11 is 0. The number of rotatable bonds is 7. The molecule has 4 rings (SSSR count). The minimum absolute atomic E-state index is 0.110. The monoisotopic (exact) mass is 441 g/mol. The van der Waals surface area contributed by atoms with E-state index in [0.29, 0.717) is 11.4 Å². The van der Waals surface area contributed by atoms with Crippen LogP contribution in [0, 0.1) is 0 Å². The molecule has 2 aromatic carbocycles. The third kappa shape index (κ3) is 5.77. The first-order valence-electron chi connectivity index (χ1n) is 11.0. The summed E-state index contributed by atoms with van der Waals surface area (Å²) in [6, 6.07) is 17.6. The molecular weight excluding hydrogens is 410 g/mol. The van der Waals surface area contributed by atoms with Crippen molar-refractivity contribution in [3.63, 3.8) is 0 Å². The molecular formula is C23H31N5O2S. The molecule has 0 radical (unpaired) electrons. The lowest BCUT2D eigenvalue weighted by Gasteiger charge is -2.37. The molecule has 2 N–H and O–H groups in total. The Morgan fingerprint density at radius 3 is 2.29 bits per heavy atom. The predicted octanol–water partition coefficient (Wildman–Crippen LogP) is 2.42. The summed E-state index contributed by atoms with van der Waals surface area (Å²) in [5.41, 5.74) is 2.25. The van der Waals surface area contributed by atoms with Crippen molar-refractivity contribution in [2.45, 2.75) is 37.2 Å². The van der Waals surface area contributed by atoms with Gasteiger partial charge in [-0.25, -0.2) is 18.1 Å². The van der Waals surface area contributed by atoms with E-state index >= 15 is 0 Å².